The molecule has 0 aromatic carbocycles. The van der Waals surface area contributed by atoms with Gasteiger partial charge < -0.3 is 10.5 Å². The van der Waals surface area contributed by atoms with E-state index in [-0.39, 0.29) is 6.61 Å². The number of alkyl halides is 4. The molecule has 0 saturated carbocycles. The molecule has 1 unspecified atom stereocenters. The second-order valence-electron chi connectivity index (χ2n) is 3.76. The maximum atomic E-state index is 12.6. The molecule has 2 N–H and O–H groups in total. The summed E-state index contributed by atoms with van der Waals surface area (Å²) in [6, 6.07) is 0.948. The SMILES string of the molecule is CCn1nccc1C(N)COCC(F)(F)C(F)F. The lowest BCUT2D eigenvalue weighted by molar-refractivity contribution is -0.166. The number of rotatable bonds is 7. The molecule has 0 bridgehead atoms. The number of ether oxygens (including phenoxy) is 1. The van der Waals surface area contributed by atoms with Crippen molar-refractivity contribution in [2.24, 2.45) is 5.73 Å². The molecule has 8 heteroatoms. The van der Waals surface area contributed by atoms with Crippen molar-refractivity contribution >= 4 is 0 Å². The minimum Gasteiger partial charge on any atom is -0.373 e. The first-order valence-corrected chi connectivity index (χ1v) is 5.39. The van der Waals surface area contributed by atoms with Crippen LogP contribution in [0.2, 0.25) is 0 Å². The van der Waals surface area contributed by atoms with Crippen LogP contribution >= 0.6 is 0 Å². The summed E-state index contributed by atoms with van der Waals surface area (Å²) >= 11 is 0. The summed E-state index contributed by atoms with van der Waals surface area (Å²) in [5.41, 5.74) is 6.31. The van der Waals surface area contributed by atoms with Crippen molar-refractivity contribution in [3.05, 3.63) is 18.0 Å². The molecule has 0 aliphatic carbocycles. The first-order chi connectivity index (χ1) is 8.38. The van der Waals surface area contributed by atoms with E-state index in [0.29, 0.717) is 12.2 Å². The van der Waals surface area contributed by atoms with E-state index in [1.807, 2.05) is 6.92 Å². The molecule has 1 rings (SSSR count). The number of hydrogen-bond acceptors (Lipinski definition) is 3. The third-order valence-electron chi connectivity index (χ3n) is 2.34. The van der Waals surface area contributed by atoms with Gasteiger partial charge in [-0.1, -0.05) is 0 Å². The van der Waals surface area contributed by atoms with Crippen molar-refractivity contribution in [2.45, 2.75) is 31.9 Å². The monoisotopic (exact) mass is 269 g/mol. The van der Waals surface area contributed by atoms with Gasteiger partial charge in [-0.25, -0.2) is 8.78 Å². The Morgan fingerprint density at radius 2 is 2.17 bits per heavy atom. The van der Waals surface area contributed by atoms with Gasteiger partial charge in [-0.15, -0.1) is 0 Å². The van der Waals surface area contributed by atoms with Gasteiger partial charge in [0.1, 0.15) is 6.61 Å². The third-order valence-corrected chi connectivity index (χ3v) is 2.34. The number of nitrogens with two attached hydrogens (primary N) is 1. The van der Waals surface area contributed by atoms with E-state index in [2.05, 4.69) is 9.84 Å². The Hall–Kier alpha value is -1.15. The van der Waals surface area contributed by atoms with E-state index in [1.54, 1.807) is 10.7 Å². The van der Waals surface area contributed by atoms with Crippen LogP contribution < -0.4 is 5.73 Å². The van der Waals surface area contributed by atoms with E-state index in [0.717, 1.165) is 0 Å². The van der Waals surface area contributed by atoms with Crippen LogP contribution in [0, 0.1) is 0 Å². The fraction of sp³-hybridized carbons (Fsp3) is 0.700. The first-order valence-electron chi connectivity index (χ1n) is 5.39. The molecule has 0 radical (unpaired) electrons. The Kier molecular flexibility index (Phi) is 5.09. The Morgan fingerprint density at radius 3 is 2.72 bits per heavy atom. The molecule has 4 nitrogen and oxygen atoms in total. The Bertz CT molecular complexity index is 370. The molecule has 1 aromatic rings. The number of nitrogens with zero attached hydrogens (tertiary/aromatic N) is 2. The van der Waals surface area contributed by atoms with Crippen LogP contribution in [-0.2, 0) is 11.3 Å². The van der Waals surface area contributed by atoms with E-state index in [4.69, 9.17) is 5.73 Å². The largest absolute Gasteiger partial charge is 0.373 e. The Morgan fingerprint density at radius 1 is 1.50 bits per heavy atom. The second kappa shape index (κ2) is 6.14. The number of aryl methyl sites for hydroxylation is 1. The van der Waals surface area contributed by atoms with Gasteiger partial charge in [-0.05, 0) is 13.0 Å². The van der Waals surface area contributed by atoms with Crippen LogP contribution in [0.3, 0.4) is 0 Å². The van der Waals surface area contributed by atoms with E-state index >= 15 is 0 Å². The summed E-state index contributed by atoms with van der Waals surface area (Å²) in [5.74, 6) is -4.15. The quantitative estimate of drug-likeness (QED) is 0.768. The maximum Gasteiger partial charge on any atom is 0.330 e. The minimum absolute atomic E-state index is 0.270. The lowest BCUT2D eigenvalue weighted by Crippen LogP contribution is -2.34. The van der Waals surface area contributed by atoms with Gasteiger partial charge >= 0.3 is 12.3 Å². The molecule has 0 amide bonds. The van der Waals surface area contributed by atoms with Gasteiger partial charge in [0, 0.05) is 12.7 Å². The molecule has 0 saturated heterocycles. The fourth-order valence-electron chi connectivity index (χ4n) is 1.39. The predicted molar refractivity (Wildman–Crippen MR) is 56.6 cm³/mol. The van der Waals surface area contributed by atoms with Gasteiger partial charge in [-0.2, -0.15) is 13.9 Å². The number of halogens is 4. The summed E-state index contributed by atoms with van der Waals surface area (Å²) in [5, 5.41) is 3.95. The van der Waals surface area contributed by atoms with E-state index < -0.39 is 25.0 Å². The Balaban J connectivity index is 2.45. The first kappa shape index (κ1) is 14.9. The normalized spacial score (nSPS) is 14.2. The molecular formula is C10H15F4N3O. The van der Waals surface area contributed by atoms with Gasteiger partial charge in [0.25, 0.3) is 0 Å². The second-order valence-corrected chi connectivity index (χ2v) is 3.76. The van der Waals surface area contributed by atoms with Crippen LogP contribution in [0.25, 0.3) is 0 Å². The number of hydrogen-bond donors (Lipinski definition) is 1. The van der Waals surface area contributed by atoms with Crippen LogP contribution in [0.15, 0.2) is 12.3 Å². The van der Waals surface area contributed by atoms with Gasteiger partial charge in [0.15, 0.2) is 0 Å². The summed E-state index contributed by atoms with van der Waals surface area (Å²) in [6.45, 7) is 0.797. The molecule has 0 fully saturated rings. The highest BCUT2D eigenvalue weighted by Gasteiger charge is 2.41. The standard InChI is InChI=1S/C10H15F4N3O/c1-2-17-8(3-4-16-17)7(15)5-18-6-10(13,14)9(11)12/h3-4,7,9H,2,5-6,15H2,1H3. The highest BCUT2D eigenvalue weighted by Crippen LogP contribution is 2.23. The van der Waals surface area contributed by atoms with Crippen LogP contribution in [-0.4, -0.2) is 35.3 Å². The zero-order valence-electron chi connectivity index (χ0n) is 9.82. The molecule has 0 aliphatic rings. The lowest BCUT2D eigenvalue weighted by Gasteiger charge is -2.18. The average Bonchev–Trinajstić information content (AvgIpc) is 2.76. The van der Waals surface area contributed by atoms with E-state index in [9.17, 15) is 17.6 Å². The van der Waals surface area contributed by atoms with Crippen molar-refractivity contribution in [2.75, 3.05) is 13.2 Å². The van der Waals surface area contributed by atoms with Gasteiger partial charge in [0.05, 0.1) is 18.3 Å². The fourth-order valence-corrected chi connectivity index (χ4v) is 1.39. The molecule has 104 valence electrons. The highest BCUT2D eigenvalue weighted by atomic mass is 19.3. The molecular weight excluding hydrogens is 254 g/mol. The number of aromatic nitrogens is 2. The molecule has 1 heterocycles. The highest BCUT2D eigenvalue weighted by molar-refractivity contribution is 5.06. The summed E-state index contributed by atoms with van der Waals surface area (Å²) in [7, 11) is 0. The average molecular weight is 269 g/mol. The van der Waals surface area contributed by atoms with Crippen molar-refractivity contribution < 1.29 is 22.3 Å². The van der Waals surface area contributed by atoms with Crippen molar-refractivity contribution in [1.29, 1.82) is 0 Å². The zero-order valence-corrected chi connectivity index (χ0v) is 9.82. The predicted octanol–water partition coefficient (Wildman–Crippen LogP) is 1.82. The Labute approximate surface area is 102 Å². The summed E-state index contributed by atoms with van der Waals surface area (Å²) in [4.78, 5) is 0. The molecule has 18 heavy (non-hydrogen) atoms. The van der Waals surface area contributed by atoms with Crippen LogP contribution in [0.1, 0.15) is 18.7 Å². The lowest BCUT2D eigenvalue weighted by atomic mass is 10.2. The zero-order chi connectivity index (χ0) is 13.8. The van der Waals surface area contributed by atoms with Gasteiger partial charge in [-0.3, -0.25) is 4.68 Å². The molecule has 0 spiro atoms. The van der Waals surface area contributed by atoms with Crippen LogP contribution in [0.4, 0.5) is 17.6 Å². The molecule has 1 atom stereocenters. The maximum absolute atomic E-state index is 12.6. The van der Waals surface area contributed by atoms with E-state index in [1.165, 1.54) is 6.20 Å². The van der Waals surface area contributed by atoms with Crippen molar-refractivity contribution in [1.82, 2.24) is 9.78 Å². The molecule has 0 aliphatic heterocycles. The smallest absolute Gasteiger partial charge is 0.330 e. The van der Waals surface area contributed by atoms with Crippen molar-refractivity contribution in [3.63, 3.8) is 0 Å². The van der Waals surface area contributed by atoms with Gasteiger partial charge in [0.2, 0.25) is 0 Å². The summed E-state index contributed by atoms with van der Waals surface area (Å²) in [6.07, 6.45) is -2.22. The van der Waals surface area contributed by atoms with Crippen molar-refractivity contribution in [3.8, 4) is 0 Å². The molecule has 1 aromatic heterocycles. The minimum atomic E-state index is -4.15. The topological polar surface area (TPSA) is 53.1 Å². The third kappa shape index (κ3) is 3.67. The van der Waals surface area contributed by atoms with Crippen LogP contribution in [0.5, 0.6) is 0 Å². The summed E-state index contributed by atoms with van der Waals surface area (Å²) < 4.78 is 54.9.